The van der Waals surface area contributed by atoms with Crippen LogP contribution in [0.4, 0.5) is 0 Å². The lowest BCUT2D eigenvalue weighted by Gasteiger charge is -2.36. The van der Waals surface area contributed by atoms with Crippen molar-refractivity contribution >= 4 is 17.2 Å². The maximum absolute atomic E-state index is 13.4. The molecule has 0 spiro atoms. The SMILES string of the molecule is Cc1cnc(-n2ncc(C(=O)N3CCN(C(C)C)CC3)c2C2CC2)nc1-c1cccs1. The first-order valence-electron chi connectivity index (χ1n) is 11.0. The molecular weight excluding hydrogens is 408 g/mol. The summed E-state index contributed by atoms with van der Waals surface area (Å²) >= 11 is 1.66. The fraction of sp³-hybridized carbons (Fsp3) is 0.478. The maximum atomic E-state index is 13.4. The third kappa shape index (κ3) is 3.90. The van der Waals surface area contributed by atoms with Gasteiger partial charge in [-0.1, -0.05) is 6.07 Å². The molecule has 1 saturated carbocycles. The fourth-order valence-electron chi connectivity index (χ4n) is 4.24. The van der Waals surface area contributed by atoms with Crippen LogP contribution in [0.3, 0.4) is 0 Å². The zero-order chi connectivity index (χ0) is 21.5. The molecule has 31 heavy (non-hydrogen) atoms. The van der Waals surface area contributed by atoms with Gasteiger partial charge < -0.3 is 4.90 Å². The molecule has 162 valence electrons. The van der Waals surface area contributed by atoms with Crippen molar-refractivity contribution < 1.29 is 4.79 Å². The Morgan fingerprint density at radius 2 is 1.94 bits per heavy atom. The minimum Gasteiger partial charge on any atom is -0.336 e. The van der Waals surface area contributed by atoms with E-state index in [1.165, 1.54) is 0 Å². The number of piperazine rings is 1. The number of aromatic nitrogens is 4. The monoisotopic (exact) mass is 436 g/mol. The minimum atomic E-state index is 0.0853. The highest BCUT2D eigenvalue weighted by Gasteiger charge is 2.35. The van der Waals surface area contributed by atoms with Gasteiger partial charge in [0, 0.05) is 44.3 Å². The second-order valence-electron chi connectivity index (χ2n) is 8.73. The van der Waals surface area contributed by atoms with Crippen molar-refractivity contribution in [2.75, 3.05) is 26.2 Å². The van der Waals surface area contributed by atoms with Gasteiger partial charge in [0.05, 0.1) is 28.0 Å². The van der Waals surface area contributed by atoms with E-state index in [2.05, 4.69) is 40.3 Å². The summed E-state index contributed by atoms with van der Waals surface area (Å²) in [5.41, 5.74) is 3.64. The average molecular weight is 437 g/mol. The largest absolute Gasteiger partial charge is 0.336 e. The highest BCUT2D eigenvalue weighted by atomic mass is 32.1. The van der Waals surface area contributed by atoms with E-state index < -0.39 is 0 Å². The molecule has 3 aromatic rings. The Balaban J connectivity index is 1.46. The Bertz CT molecular complexity index is 1080. The van der Waals surface area contributed by atoms with E-state index in [0.29, 0.717) is 23.5 Å². The highest BCUT2D eigenvalue weighted by Crippen LogP contribution is 2.42. The molecule has 1 aliphatic carbocycles. The molecule has 0 bridgehead atoms. The van der Waals surface area contributed by atoms with Gasteiger partial charge in [-0.3, -0.25) is 9.69 Å². The van der Waals surface area contributed by atoms with E-state index in [4.69, 9.17) is 4.98 Å². The Kier molecular flexibility index (Phi) is 5.35. The van der Waals surface area contributed by atoms with Crippen LogP contribution in [0, 0.1) is 6.92 Å². The number of hydrogen-bond donors (Lipinski definition) is 0. The van der Waals surface area contributed by atoms with Gasteiger partial charge in [-0.05, 0) is 50.6 Å². The predicted octanol–water partition coefficient (Wildman–Crippen LogP) is 3.74. The molecule has 0 unspecified atom stereocenters. The number of carbonyl (C=O) groups is 1. The molecule has 0 N–H and O–H groups in total. The lowest BCUT2D eigenvalue weighted by Crippen LogP contribution is -2.50. The molecule has 1 saturated heterocycles. The van der Waals surface area contributed by atoms with Crippen LogP contribution in [0.5, 0.6) is 0 Å². The first-order chi connectivity index (χ1) is 15.0. The number of amides is 1. The number of carbonyl (C=O) groups excluding carboxylic acids is 1. The van der Waals surface area contributed by atoms with Crippen LogP contribution in [0.25, 0.3) is 16.5 Å². The molecule has 3 aromatic heterocycles. The van der Waals surface area contributed by atoms with Crippen LogP contribution in [0.2, 0.25) is 0 Å². The summed E-state index contributed by atoms with van der Waals surface area (Å²) in [5, 5.41) is 6.65. The van der Waals surface area contributed by atoms with Crippen molar-refractivity contribution in [3.63, 3.8) is 0 Å². The smallest absolute Gasteiger partial charge is 0.257 e. The van der Waals surface area contributed by atoms with Crippen LogP contribution in [-0.4, -0.2) is 67.7 Å². The molecule has 1 aliphatic heterocycles. The third-order valence-corrected chi connectivity index (χ3v) is 7.11. The number of thiophene rings is 1. The Hall–Kier alpha value is -2.58. The second kappa shape index (κ2) is 8.16. The molecule has 2 aliphatic rings. The van der Waals surface area contributed by atoms with Gasteiger partial charge in [0.15, 0.2) is 0 Å². The van der Waals surface area contributed by atoms with E-state index in [0.717, 1.165) is 60.8 Å². The highest BCUT2D eigenvalue weighted by molar-refractivity contribution is 7.13. The van der Waals surface area contributed by atoms with Crippen LogP contribution in [0.15, 0.2) is 29.9 Å². The molecule has 2 fully saturated rings. The summed E-state index contributed by atoms with van der Waals surface area (Å²) < 4.78 is 1.80. The van der Waals surface area contributed by atoms with Gasteiger partial charge >= 0.3 is 0 Å². The van der Waals surface area contributed by atoms with Crippen molar-refractivity contribution in [1.82, 2.24) is 29.5 Å². The van der Waals surface area contributed by atoms with E-state index >= 15 is 0 Å². The lowest BCUT2D eigenvalue weighted by atomic mass is 10.1. The van der Waals surface area contributed by atoms with Gasteiger partial charge in [0.25, 0.3) is 11.9 Å². The number of aryl methyl sites for hydroxylation is 1. The summed E-state index contributed by atoms with van der Waals surface area (Å²) in [6.45, 7) is 9.79. The van der Waals surface area contributed by atoms with Gasteiger partial charge in [-0.15, -0.1) is 11.3 Å². The second-order valence-corrected chi connectivity index (χ2v) is 9.68. The molecule has 0 radical (unpaired) electrons. The number of nitrogens with zero attached hydrogens (tertiary/aromatic N) is 6. The summed E-state index contributed by atoms with van der Waals surface area (Å²) in [6.07, 6.45) is 5.73. The lowest BCUT2D eigenvalue weighted by molar-refractivity contribution is 0.0594. The van der Waals surface area contributed by atoms with Gasteiger partial charge in [-0.2, -0.15) is 5.10 Å². The van der Waals surface area contributed by atoms with Crippen molar-refractivity contribution in [3.05, 3.63) is 46.7 Å². The van der Waals surface area contributed by atoms with E-state index in [1.807, 2.05) is 24.1 Å². The van der Waals surface area contributed by atoms with Crippen LogP contribution in [0.1, 0.15) is 54.2 Å². The molecule has 1 amide bonds. The fourth-order valence-corrected chi connectivity index (χ4v) is 5.02. The van der Waals surface area contributed by atoms with Crippen molar-refractivity contribution in [2.45, 2.75) is 45.6 Å². The maximum Gasteiger partial charge on any atom is 0.257 e. The van der Waals surface area contributed by atoms with Gasteiger partial charge in [-0.25, -0.2) is 14.6 Å². The van der Waals surface area contributed by atoms with Crippen molar-refractivity contribution in [1.29, 1.82) is 0 Å². The predicted molar refractivity (Wildman–Crippen MR) is 122 cm³/mol. The quantitative estimate of drug-likeness (QED) is 0.609. The number of hydrogen-bond acceptors (Lipinski definition) is 6. The minimum absolute atomic E-state index is 0.0853. The molecular formula is C23H28N6OS. The van der Waals surface area contributed by atoms with Gasteiger partial charge in [0.2, 0.25) is 0 Å². The summed E-state index contributed by atoms with van der Waals surface area (Å²) in [6, 6.07) is 4.61. The molecule has 0 aromatic carbocycles. The Morgan fingerprint density at radius 1 is 1.16 bits per heavy atom. The van der Waals surface area contributed by atoms with E-state index in [9.17, 15) is 4.79 Å². The Labute approximate surface area is 186 Å². The molecule has 8 heteroatoms. The average Bonchev–Trinajstić information content (AvgIpc) is 3.29. The summed E-state index contributed by atoms with van der Waals surface area (Å²) in [5.74, 6) is 0.982. The Morgan fingerprint density at radius 3 is 2.58 bits per heavy atom. The molecule has 4 heterocycles. The van der Waals surface area contributed by atoms with E-state index in [1.54, 1.807) is 22.2 Å². The van der Waals surface area contributed by atoms with Crippen molar-refractivity contribution in [3.8, 4) is 16.5 Å². The number of rotatable bonds is 5. The van der Waals surface area contributed by atoms with Crippen LogP contribution in [-0.2, 0) is 0 Å². The molecule has 0 atom stereocenters. The van der Waals surface area contributed by atoms with Crippen molar-refractivity contribution in [2.24, 2.45) is 0 Å². The zero-order valence-electron chi connectivity index (χ0n) is 18.3. The summed E-state index contributed by atoms with van der Waals surface area (Å²) in [4.78, 5) is 28.3. The van der Waals surface area contributed by atoms with E-state index in [-0.39, 0.29) is 5.91 Å². The first-order valence-corrected chi connectivity index (χ1v) is 11.9. The zero-order valence-corrected chi connectivity index (χ0v) is 19.1. The first kappa shape index (κ1) is 20.3. The normalized spacial score (nSPS) is 17.5. The summed E-state index contributed by atoms with van der Waals surface area (Å²) in [7, 11) is 0. The standard InChI is InChI=1S/C23H28N6OS/c1-15(2)27-8-10-28(11-9-27)22(30)18-14-25-29(21(18)17-6-7-17)23-24-13-16(3)20(26-23)19-5-4-12-31-19/h4-5,12-15,17H,6-11H2,1-3H3. The molecule has 5 rings (SSSR count). The topological polar surface area (TPSA) is 67.2 Å². The van der Waals surface area contributed by atoms with Crippen LogP contribution >= 0.6 is 11.3 Å². The molecule has 7 nitrogen and oxygen atoms in total. The third-order valence-electron chi connectivity index (χ3n) is 6.24. The van der Waals surface area contributed by atoms with Gasteiger partial charge in [0.1, 0.15) is 0 Å². The van der Waals surface area contributed by atoms with Crippen LogP contribution < -0.4 is 0 Å².